The van der Waals surface area contributed by atoms with Crippen molar-refractivity contribution in [3.63, 3.8) is 0 Å². The molecule has 1 aromatic heterocycles. The van der Waals surface area contributed by atoms with E-state index in [-0.39, 0.29) is 0 Å². The minimum Gasteiger partial charge on any atom is -0.379 e. The summed E-state index contributed by atoms with van der Waals surface area (Å²) >= 11 is 1.83. The molecule has 2 heterocycles. The highest BCUT2D eigenvalue weighted by molar-refractivity contribution is 7.96. The molecule has 4 nitrogen and oxygen atoms in total. The first kappa shape index (κ1) is 11.1. The highest BCUT2D eigenvalue weighted by Crippen LogP contribution is 2.18. The largest absolute Gasteiger partial charge is 0.379 e. The molecule has 1 aliphatic heterocycles. The zero-order valence-corrected chi connectivity index (χ0v) is 10.4. The van der Waals surface area contributed by atoms with Gasteiger partial charge in [-0.1, -0.05) is 24.1 Å². The van der Waals surface area contributed by atoms with E-state index < -0.39 is 0 Å². The van der Waals surface area contributed by atoms with Gasteiger partial charge in [0.25, 0.3) is 0 Å². The molecule has 0 atom stereocenters. The number of hydrogen-bond donors (Lipinski definition) is 1. The average Bonchev–Trinajstić information content (AvgIpc) is 2.80. The van der Waals surface area contributed by atoms with Crippen LogP contribution in [0.15, 0.2) is 24.3 Å². The number of morpholine rings is 1. The first-order valence-electron chi connectivity index (χ1n) is 5.81. The molecule has 5 heteroatoms. The molecular weight excluding hydrogens is 234 g/mol. The first-order valence-corrected chi connectivity index (χ1v) is 6.75. The minimum absolute atomic E-state index is 0.840. The Balaban J connectivity index is 1.64. The van der Waals surface area contributed by atoms with Crippen LogP contribution < -0.4 is 0 Å². The third kappa shape index (κ3) is 2.62. The number of aromatic amines is 1. The molecule has 1 aliphatic rings. The third-order valence-corrected chi connectivity index (χ3v) is 3.93. The Hall–Kier alpha value is -1.04. The number of para-hydroxylation sites is 2. The normalized spacial score (nSPS) is 17.6. The molecule has 90 valence electrons. The van der Waals surface area contributed by atoms with Crippen LogP contribution in [0.1, 0.15) is 5.82 Å². The fourth-order valence-electron chi connectivity index (χ4n) is 1.90. The van der Waals surface area contributed by atoms with Crippen molar-refractivity contribution in [2.45, 2.75) is 5.75 Å². The van der Waals surface area contributed by atoms with Gasteiger partial charge in [-0.05, 0) is 12.1 Å². The monoisotopic (exact) mass is 249 g/mol. The number of benzene rings is 1. The number of H-pyrrole nitrogens is 1. The van der Waals surface area contributed by atoms with Crippen molar-refractivity contribution in [2.24, 2.45) is 0 Å². The standard InChI is InChI=1S/C12H15N3OS/c1-2-4-11-10(3-1)13-12(14-11)9-17-15-5-7-16-8-6-15/h1-4H,5-9H2,(H,13,14). The molecule has 1 saturated heterocycles. The fraction of sp³-hybridized carbons (Fsp3) is 0.417. The number of rotatable bonds is 3. The van der Waals surface area contributed by atoms with Crippen LogP contribution in [0.2, 0.25) is 0 Å². The van der Waals surface area contributed by atoms with Crippen LogP contribution in [0, 0.1) is 0 Å². The summed E-state index contributed by atoms with van der Waals surface area (Å²) in [5.74, 6) is 1.94. The van der Waals surface area contributed by atoms with E-state index in [2.05, 4.69) is 20.3 Å². The molecule has 0 saturated carbocycles. The molecule has 0 aliphatic carbocycles. The number of nitrogens with one attached hydrogen (secondary N) is 1. The highest BCUT2D eigenvalue weighted by Gasteiger charge is 2.11. The van der Waals surface area contributed by atoms with Crippen molar-refractivity contribution in [2.75, 3.05) is 26.3 Å². The van der Waals surface area contributed by atoms with Crippen LogP contribution in [0.25, 0.3) is 11.0 Å². The molecule has 2 aromatic rings. The maximum atomic E-state index is 5.32. The number of imidazole rings is 1. The van der Waals surface area contributed by atoms with Gasteiger partial charge < -0.3 is 9.72 Å². The van der Waals surface area contributed by atoms with Crippen molar-refractivity contribution >= 4 is 23.0 Å². The van der Waals surface area contributed by atoms with E-state index in [0.717, 1.165) is 48.9 Å². The molecular formula is C12H15N3OS. The topological polar surface area (TPSA) is 41.2 Å². The average molecular weight is 249 g/mol. The molecule has 0 bridgehead atoms. The summed E-state index contributed by atoms with van der Waals surface area (Å²) in [6, 6.07) is 8.14. The smallest absolute Gasteiger partial charge is 0.118 e. The van der Waals surface area contributed by atoms with E-state index >= 15 is 0 Å². The van der Waals surface area contributed by atoms with Crippen molar-refractivity contribution in [3.8, 4) is 0 Å². The number of nitrogens with zero attached hydrogens (tertiary/aromatic N) is 2. The third-order valence-electron chi connectivity index (χ3n) is 2.79. The van der Waals surface area contributed by atoms with E-state index in [0.29, 0.717) is 0 Å². The summed E-state index contributed by atoms with van der Waals surface area (Å²) in [5, 5.41) is 0. The lowest BCUT2D eigenvalue weighted by molar-refractivity contribution is 0.0773. The Bertz CT molecular complexity index is 460. The fourth-order valence-corrected chi connectivity index (χ4v) is 2.75. The molecule has 3 rings (SSSR count). The van der Waals surface area contributed by atoms with Crippen molar-refractivity contribution in [3.05, 3.63) is 30.1 Å². The van der Waals surface area contributed by atoms with Crippen LogP contribution in [0.4, 0.5) is 0 Å². The molecule has 17 heavy (non-hydrogen) atoms. The number of ether oxygens (including phenoxy) is 1. The summed E-state index contributed by atoms with van der Waals surface area (Å²) in [6.45, 7) is 3.69. The predicted molar refractivity (Wildman–Crippen MR) is 69.8 cm³/mol. The van der Waals surface area contributed by atoms with Crippen molar-refractivity contribution < 1.29 is 4.74 Å². The lowest BCUT2D eigenvalue weighted by atomic mass is 10.3. The van der Waals surface area contributed by atoms with Gasteiger partial charge in [-0.25, -0.2) is 9.29 Å². The molecule has 1 N–H and O–H groups in total. The molecule has 0 spiro atoms. The van der Waals surface area contributed by atoms with Crippen LogP contribution in [0.3, 0.4) is 0 Å². The van der Waals surface area contributed by atoms with E-state index in [4.69, 9.17) is 4.74 Å². The highest BCUT2D eigenvalue weighted by atomic mass is 32.2. The summed E-state index contributed by atoms with van der Waals surface area (Å²) in [4.78, 5) is 7.91. The van der Waals surface area contributed by atoms with Gasteiger partial charge >= 0.3 is 0 Å². The maximum Gasteiger partial charge on any atom is 0.118 e. The number of fused-ring (bicyclic) bond motifs is 1. The van der Waals surface area contributed by atoms with Crippen LogP contribution in [0.5, 0.6) is 0 Å². The Labute approximate surface area is 104 Å². The maximum absolute atomic E-state index is 5.32. The summed E-state index contributed by atoms with van der Waals surface area (Å²) in [7, 11) is 0. The first-order chi connectivity index (χ1) is 8.42. The molecule has 1 fully saturated rings. The molecule has 0 unspecified atom stereocenters. The van der Waals surface area contributed by atoms with Gasteiger partial charge in [-0.3, -0.25) is 0 Å². The predicted octanol–water partition coefficient (Wildman–Crippen LogP) is 2.04. The molecule has 1 aromatic carbocycles. The van der Waals surface area contributed by atoms with E-state index in [9.17, 15) is 0 Å². The quantitative estimate of drug-likeness (QED) is 0.845. The summed E-state index contributed by atoms with van der Waals surface area (Å²) in [6.07, 6.45) is 0. The Morgan fingerprint density at radius 2 is 2.12 bits per heavy atom. The lowest BCUT2D eigenvalue weighted by Crippen LogP contribution is -2.31. The van der Waals surface area contributed by atoms with Crippen LogP contribution in [-0.4, -0.2) is 40.6 Å². The number of hydrogen-bond acceptors (Lipinski definition) is 4. The Morgan fingerprint density at radius 3 is 2.94 bits per heavy atom. The molecule has 0 radical (unpaired) electrons. The van der Waals surface area contributed by atoms with Gasteiger partial charge in [0, 0.05) is 13.1 Å². The van der Waals surface area contributed by atoms with Gasteiger partial charge in [0.2, 0.25) is 0 Å². The lowest BCUT2D eigenvalue weighted by Gasteiger charge is -2.24. The van der Waals surface area contributed by atoms with Gasteiger partial charge in [0.15, 0.2) is 0 Å². The Morgan fingerprint density at radius 1 is 1.29 bits per heavy atom. The SMILES string of the molecule is c1ccc2[nH]c(CSN3CCOCC3)nc2c1. The van der Waals surface area contributed by atoms with Crippen LogP contribution in [-0.2, 0) is 10.5 Å². The minimum atomic E-state index is 0.840. The second-order valence-electron chi connectivity index (χ2n) is 4.02. The van der Waals surface area contributed by atoms with E-state index in [1.807, 2.05) is 30.1 Å². The second-order valence-corrected chi connectivity index (χ2v) is 5.08. The Kier molecular flexibility index (Phi) is 3.31. The zero-order valence-electron chi connectivity index (χ0n) is 9.56. The van der Waals surface area contributed by atoms with E-state index in [1.54, 1.807) is 0 Å². The van der Waals surface area contributed by atoms with Gasteiger partial charge in [-0.2, -0.15) is 0 Å². The van der Waals surface area contributed by atoms with Crippen molar-refractivity contribution in [1.29, 1.82) is 0 Å². The number of aromatic nitrogens is 2. The van der Waals surface area contributed by atoms with Gasteiger partial charge in [0.05, 0.1) is 30.0 Å². The van der Waals surface area contributed by atoms with Crippen LogP contribution >= 0.6 is 11.9 Å². The zero-order chi connectivity index (χ0) is 11.5. The summed E-state index contributed by atoms with van der Waals surface area (Å²) < 4.78 is 7.67. The summed E-state index contributed by atoms with van der Waals surface area (Å²) in [5.41, 5.74) is 2.16. The van der Waals surface area contributed by atoms with Gasteiger partial charge in [-0.15, -0.1) is 0 Å². The second kappa shape index (κ2) is 5.08. The van der Waals surface area contributed by atoms with Gasteiger partial charge in [0.1, 0.15) is 5.82 Å². The van der Waals surface area contributed by atoms with E-state index in [1.165, 1.54) is 0 Å². The van der Waals surface area contributed by atoms with Crippen molar-refractivity contribution in [1.82, 2.24) is 14.3 Å². The molecule has 0 amide bonds.